The lowest BCUT2D eigenvalue weighted by Gasteiger charge is -2.36. The van der Waals surface area contributed by atoms with Gasteiger partial charge in [-0.15, -0.1) is 11.3 Å². The molecule has 0 radical (unpaired) electrons. The lowest BCUT2D eigenvalue weighted by atomic mass is 10.0. The Bertz CT molecular complexity index is 388. The molecule has 0 saturated heterocycles. The Morgan fingerprint density at radius 3 is 3.12 bits per heavy atom. The van der Waals surface area contributed by atoms with Crippen molar-refractivity contribution < 1.29 is 4.79 Å². The number of fused-ring (bicyclic) bond motifs is 1. The van der Waals surface area contributed by atoms with E-state index in [2.05, 4.69) is 18.4 Å². The van der Waals surface area contributed by atoms with Gasteiger partial charge in [-0.25, -0.2) is 4.79 Å². The first kappa shape index (κ1) is 11.5. The minimum Gasteiger partial charge on any atom is -0.328 e. The van der Waals surface area contributed by atoms with E-state index in [0.29, 0.717) is 0 Å². The summed E-state index contributed by atoms with van der Waals surface area (Å²) in [5.74, 6) is 0. The smallest absolute Gasteiger partial charge is 0.320 e. The van der Waals surface area contributed by atoms with Gasteiger partial charge in [0.05, 0.1) is 6.04 Å². The molecule has 2 amide bonds. The Labute approximate surface area is 101 Å². The number of carbonyl (C=O) groups excluding carboxylic acids is 1. The zero-order valence-electron chi connectivity index (χ0n) is 10.1. The van der Waals surface area contributed by atoms with Crippen LogP contribution in [0.1, 0.15) is 30.3 Å². The summed E-state index contributed by atoms with van der Waals surface area (Å²) >= 11 is 1.81. The third-order valence-electron chi connectivity index (χ3n) is 3.32. The van der Waals surface area contributed by atoms with Gasteiger partial charge in [-0.05, 0) is 37.3 Å². The van der Waals surface area contributed by atoms with Crippen molar-refractivity contribution in [1.29, 1.82) is 0 Å². The normalized spacial score (nSPS) is 19.4. The van der Waals surface area contributed by atoms with Crippen molar-refractivity contribution in [3.63, 3.8) is 0 Å². The number of hydrogen-bond donors (Lipinski definition) is 0. The van der Waals surface area contributed by atoms with Crippen LogP contribution in [0, 0.1) is 0 Å². The average Bonchev–Trinajstić information content (AvgIpc) is 2.76. The lowest BCUT2D eigenvalue weighted by Crippen LogP contribution is -2.45. The number of amides is 2. The van der Waals surface area contributed by atoms with Gasteiger partial charge in [0.1, 0.15) is 0 Å². The van der Waals surface area contributed by atoms with Crippen LogP contribution < -0.4 is 0 Å². The second-order valence-corrected chi connectivity index (χ2v) is 5.22. The summed E-state index contributed by atoms with van der Waals surface area (Å²) in [6.07, 6.45) is 1.00. The average molecular weight is 238 g/mol. The van der Waals surface area contributed by atoms with Crippen LogP contribution in [0.5, 0.6) is 0 Å². The van der Waals surface area contributed by atoms with Crippen molar-refractivity contribution in [1.82, 2.24) is 9.80 Å². The molecule has 0 aliphatic carbocycles. The van der Waals surface area contributed by atoms with Gasteiger partial charge in [0.25, 0.3) is 0 Å². The van der Waals surface area contributed by atoms with Crippen molar-refractivity contribution >= 4 is 17.4 Å². The highest BCUT2D eigenvalue weighted by atomic mass is 32.1. The van der Waals surface area contributed by atoms with Crippen molar-refractivity contribution in [2.24, 2.45) is 0 Å². The van der Waals surface area contributed by atoms with E-state index in [4.69, 9.17) is 0 Å². The number of carbonyl (C=O) groups is 1. The molecule has 1 aliphatic heterocycles. The summed E-state index contributed by atoms with van der Waals surface area (Å²) in [6.45, 7) is 5.73. The van der Waals surface area contributed by atoms with E-state index in [9.17, 15) is 4.79 Å². The highest BCUT2D eigenvalue weighted by Gasteiger charge is 2.29. The molecule has 1 atom stereocenters. The molecular formula is C12H18N2OS. The fourth-order valence-electron chi connectivity index (χ4n) is 2.13. The summed E-state index contributed by atoms with van der Waals surface area (Å²) in [6, 6.07) is 2.51. The molecule has 88 valence electrons. The van der Waals surface area contributed by atoms with E-state index in [1.165, 1.54) is 10.4 Å². The lowest BCUT2D eigenvalue weighted by molar-refractivity contribution is 0.144. The molecule has 2 heterocycles. The molecule has 1 aromatic rings. The molecule has 0 bridgehead atoms. The Morgan fingerprint density at radius 2 is 2.44 bits per heavy atom. The van der Waals surface area contributed by atoms with E-state index < -0.39 is 0 Å². The zero-order valence-corrected chi connectivity index (χ0v) is 10.9. The van der Waals surface area contributed by atoms with Gasteiger partial charge in [0, 0.05) is 25.0 Å². The second-order valence-electron chi connectivity index (χ2n) is 4.22. The summed E-state index contributed by atoms with van der Waals surface area (Å²) < 4.78 is 0. The van der Waals surface area contributed by atoms with Gasteiger partial charge in [-0.1, -0.05) is 0 Å². The topological polar surface area (TPSA) is 23.6 Å². The number of rotatable bonds is 1. The molecule has 3 nitrogen and oxygen atoms in total. The third-order valence-corrected chi connectivity index (χ3v) is 4.32. The highest BCUT2D eigenvalue weighted by Crippen LogP contribution is 2.33. The molecule has 1 aromatic heterocycles. The van der Waals surface area contributed by atoms with Crippen LogP contribution in [0.15, 0.2) is 11.4 Å². The van der Waals surface area contributed by atoms with Crippen molar-refractivity contribution in [2.75, 3.05) is 20.1 Å². The first-order chi connectivity index (χ1) is 7.65. The molecule has 1 unspecified atom stereocenters. The standard InChI is InChI=1S/C12H18N2OS/c1-4-13(3)12(15)14-7-5-11-10(9(14)2)6-8-16-11/h6,8-9H,4-5,7H2,1-3H3. The second kappa shape index (κ2) is 4.45. The molecule has 16 heavy (non-hydrogen) atoms. The van der Waals surface area contributed by atoms with E-state index in [0.717, 1.165) is 19.5 Å². The monoisotopic (exact) mass is 238 g/mol. The summed E-state index contributed by atoms with van der Waals surface area (Å²) in [4.78, 5) is 17.3. The van der Waals surface area contributed by atoms with Gasteiger partial charge in [-0.2, -0.15) is 0 Å². The van der Waals surface area contributed by atoms with E-state index in [-0.39, 0.29) is 12.1 Å². The fourth-order valence-corrected chi connectivity index (χ4v) is 3.09. The molecular weight excluding hydrogens is 220 g/mol. The fraction of sp³-hybridized carbons (Fsp3) is 0.583. The van der Waals surface area contributed by atoms with Crippen molar-refractivity contribution in [3.05, 3.63) is 21.9 Å². The van der Waals surface area contributed by atoms with Crippen LogP contribution in [0.4, 0.5) is 4.79 Å². The Balaban J connectivity index is 2.18. The first-order valence-electron chi connectivity index (χ1n) is 5.73. The quantitative estimate of drug-likeness (QED) is 0.738. The maximum Gasteiger partial charge on any atom is 0.320 e. The van der Waals surface area contributed by atoms with Gasteiger partial charge in [0.2, 0.25) is 0 Å². The summed E-state index contributed by atoms with van der Waals surface area (Å²) in [7, 11) is 1.86. The van der Waals surface area contributed by atoms with Gasteiger partial charge in [-0.3, -0.25) is 0 Å². The van der Waals surface area contributed by atoms with Crippen molar-refractivity contribution in [3.8, 4) is 0 Å². The Hall–Kier alpha value is -1.03. The molecule has 0 fully saturated rings. The number of thiophene rings is 1. The largest absolute Gasteiger partial charge is 0.328 e. The van der Waals surface area contributed by atoms with Crippen LogP contribution in [-0.4, -0.2) is 36.0 Å². The Morgan fingerprint density at radius 1 is 1.69 bits per heavy atom. The SMILES string of the molecule is CCN(C)C(=O)N1CCc2sccc2C1C. The Kier molecular flexibility index (Phi) is 3.19. The van der Waals surface area contributed by atoms with Crippen LogP contribution in [0.25, 0.3) is 0 Å². The molecule has 2 rings (SSSR count). The minimum absolute atomic E-state index is 0.145. The zero-order chi connectivity index (χ0) is 11.7. The summed E-state index contributed by atoms with van der Waals surface area (Å²) in [5, 5.41) is 2.12. The predicted molar refractivity (Wildman–Crippen MR) is 66.8 cm³/mol. The summed E-state index contributed by atoms with van der Waals surface area (Å²) in [5.41, 5.74) is 1.33. The van der Waals surface area contributed by atoms with Crippen LogP contribution >= 0.6 is 11.3 Å². The third kappa shape index (κ3) is 1.82. The molecule has 4 heteroatoms. The maximum absolute atomic E-state index is 12.1. The molecule has 0 saturated carbocycles. The molecule has 0 spiro atoms. The van der Waals surface area contributed by atoms with Crippen LogP contribution in [-0.2, 0) is 6.42 Å². The molecule has 1 aliphatic rings. The van der Waals surface area contributed by atoms with E-state index in [1.807, 2.05) is 18.9 Å². The highest BCUT2D eigenvalue weighted by molar-refractivity contribution is 7.10. The van der Waals surface area contributed by atoms with E-state index >= 15 is 0 Å². The van der Waals surface area contributed by atoms with Gasteiger partial charge in [0.15, 0.2) is 0 Å². The number of nitrogens with zero attached hydrogens (tertiary/aromatic N) is 2. The minimum atomic E-state index is 0.145. The van der Waals surface area contributed by atoms with Crippen LogP contribution in [0.2, 0.25) is 0 Å². The predicted octanol–water partition coefficient (Wildman–Crippen LogP) is 2.74. The maximum atomic E-state index is 12.1. The first-order valence-corrected chi connectivity index (χ1v) is 6.61. The van der Waals surface area contributed by atoms with Crippen molar-refractivity contribution in [2.45, 2.75) is 26.3 Å². The number of urea groups is 1. The van der Waals surface area contributed by atoms with Gasteiger partial charge < -0.3 is 9.80 Å². The van der Waals surface area contributed by atoms with E-state index in [1.54, 1.807) is 16.2 Å². The van der Waals surface area contributed by atoms with Gasteiger partial charge >= 0.3 is 6.03 Å². The van der Waals surface area contributed by atoms with Crippen LogP contribution in [0.3, 0.4) is 0 Å². The number of hydrogen-bond acceptors (Lipinski definition) is 2. The molecule has 0 aromatic carbocycles. The molecule has 0 N–H and O–H groups in total.